The molecule has 1 aliphatic rings. The number of nitrogens with two attached hydrogens (primary N) is 1. The van der Waals surface area contributed by atoms with Crippen LogP contribution < -0.4 is 10.6 Å². The van der Waals surface area contributed by atoms with Crippen LogP contribution in [0, 0.1) is 6.92 Å². The molecule has 2 heterocycles. The molecule has 1 aliphatic heterocycles. The Morgan fingerprint density at radius 3 is 2.86 bits per heavy atom. The van der Waals surface area contributed by atoms with E-state index in [9.17, 15) is 0 Å². The first-order chi connectivity index (χ1) is 6.64. The van der Waals surface area contributed by atoms with Crippen molar-refractivity contribution in [2.45, 2.75) is 25.8 Å². The van der Waals surface area contributed by atoms with Crippen LogP contribution in [0.5, 0.6) is 0 Å². The van der Waals surface area contributed by atoms with Crippen molar-refractivity contribution >= 4 is 5.82 Å². The Balaban J connectivity index is 2.10. The van der Waals surface area contributed by atoms with Gasteiger partial charge in [0, 0.05) is 19.3 Å². The number of hydrogen-bond acceptors (Lipinski definition) is 3. The van der Waals surface area contributed by atoms with Gasteiger partial charge in [-0.05, 0) is 25.0 Å². The van der Waals surface area contributed by atoms with Crippen LogP contribution >= 0.6 is 0 Å². The lowest BCUT2D eigenvalue weighted by molar-refractivity contribution is 0.320. The maximum atomic E-state index is 6.11. The van der Waals surface area contributed by atoms with Crippen molar-refractivity contribution in [1.82, 2.24) is 4.98 Å². The first kappa shape index (κ1) is 9.46. The van der Waals surface area contributed by atoms with Crippen LogP contribution in [-0.2, 0) is 0 Å². The summed E-state index contributed by atoms with van der Waals surface area (Å²) in [5, 5.41) is 0. The van der Waals surface area contributed by atoms with Gasteiger partial charge >= 0.3 is 0 Å². The van der Waals surface area contributed by atoms with Crippen LogP contribution in [0.1, 0.15) is 18.9 Å². The van der Waals surface area contributed by atoms with E-state index >= 15 is 0 Å². The monoisotopic (exact) mass is 191 g/mol. The molecule has 3 nitrogen and oxygen atoms in total. The van der Waals surface area contributed by atoms with Crippen molar-refractivity contribution in [2.75, 3.05) is 18.0 Å². The van der Waals surface area contributed by atoms with Crippen LogP contribution in [0.15, 0.2) is 18.3 Å². The summed E-state index contributed by atoms with van der Waals surface area (Å²) >= 11 is 0. The van der Waals surface area contributed by atoms with Gasteiger partial charge in [-0.2, -0.15) is 0 Å². The van der Waals surface area contributed by atoms with Crippen LogP contribution in [0.2, 0.25) is 0 Å². The van der Waals surface area contributed by atoms with Crippen LogP contribution in [0.4, 0.5) is 5.82 Å². The fourth-order valence-electron chi connectivity index (χ4n) is 1.90. The van der Waals surface area contributed by atoms with Gasteiger partial charge in [0.05, 0.1) is 5.54 Å². The zero-order valence-electron chi connectivity index (χ0n) is 8.83. The number of nitrogens with zero attached hydrogens (tertiary/aromatic N) is 2. The normalized spacial score (nSPS) is 19.2. The summed E-state index contributed by atoms with van der Waals surface area (Å²) in [4.78, 5) is 6.62. The smallest absolute Gasteiger partial charge is 0.131 e. The van der Waals surface area contributed by atoms with E-state index in [0.29, 0.717) is 0 Å². The molecule has 1 saturated heterocycles. The van der Waals surface area contributed by atoms with Crippen molar-refractivity contribution in [1.29, 1.82) is 0 Å². The van der Waals surface area contributed by atoms with Crippen LogP contribution in [0.25, 0.3) is 0 Å². The maximum Gasteiger partial charge on any atom is 0.131 e. The van der Waals surface area contributed by atoms with Crippen molar-refractivity contribution in [3.05, 3.63) is 23.9 Å². The number of hydrogen-bond donors (Lipinski definition) is 1. The molecule has 0 aliphatic carbocycles. The Bertz CT molecular complexity index is 329. The number of pyridine rings is 1. The average molecular weight is 191 g/mol. The molecule has 1 fully saturated rings. The minimum Gasteiger partial charge on any atom is -0.353 e. The summed E-state index contributed by atoms with van der Waals surface area (Å²) in [6.07, 6.45) is 2.88. The third kappa shape index (κ3) is 1.48. The van der Waals surface area contributed by atoms with Crippen LogP contribution in [0.3, 0.4) is 0 Å². The minimum absolute atomic E-state index is 0.0178. The molecule has 0 aromatic carbocycles. The Labute approximate surface area is 84.9 Å². The summed E-state index contributed by atoms with van der Waals surface area (Å²) in [5.41, 5.74) is 7.36. The number of aryl methyl sites for hydroxylation is 1. The fourth-order valence-corrected chi connectivity index (χ4v) is 1.90. The maximum absolute atomic E-state index is 6.11. The first-order valence-electron chi connectivity index (χ1n) is 5.10. The Hall–Kier alpha value is -1.09. The fraction of sp³-hybridized carbons (Fsp3) is 0.545. The van der Waals surface area contributed by atoms with Gasteiger partial charge in [-0.15, -0.1) is 0 Å². The summed E-state index contributed by atoms with van der Waals surface area (Å²) in [7, 11) is 0. The van der Waals surface area contributed by atoms with Crippen LogP contribution in [-0.4, -0.2) is 23.6 Å². The molecule has 1 aromatic rings. The van der Waals surface area contributed by atoms with Crippen molar-refractivity contribution in [3.63, 3.8) is 0 Å². The lowest BCUT2D eigenvalue weighted by Gasteiger charge is -2.48. The highest BCUT2D eigenvalue weighted by atomic mass is 15.3. The molecular weight excluding hydrogens is 174 g/mol. The van der Waals surface area contributed by atoms with Crippen molar-refractivity contribution < 1.29 is 0 Å². The Morgan fingerprint density at radius 2 is 2.29 bits per heavy atom. The molecule has 14 heavy (non-hydrogen) atoms. The number of rotatable bonds is 2. The van der Waals surface area contributed by atoms with Gasteiger partial charge in [-0.1, -0.05) is 13.0 Å². The highest BCUT2D eigenvalue weighted by Crippen LogP contribution is 2.28. The molecule has 2 rings (SSSR count). The summed E-state index contributed by atoms with van der Waals surface area (Å²) in [6.45, 7) is 6.09. The largest absolute Gasteiger partial charge is 0.353 e. The molecular formula is C11H17N3. The Morgan fingerprint density at radius 1 is 1.57 bits per heavy atom. The van der Waals surface area contributed by atoms with E-state index < -0.39 is 0 Å². The standard InChI is InChI=1S/C11H17N3/c1-3-11(12)7-14(8-11)10-9(2)5-4-6-13-10/h4-6H,3,7-8,12H2,1-2H3. The molecule has 0 atom stereocenters. The van der Waals surface area contributed by atoms with E-state index in [0.717, 1.165) is 25.3 Å². The molecule has 0 spiro atoms. The lowest BCUT2D eigenvalue weighted by Crippen LogP contribution is -2.67. The highest BCUT2D eigenvalue weighted by molar-refractivity contribution is 5.50. The van der Waals surface area contributed by atoms with Crippen molar-refractivity contribution in [2.24, 2.45) is 5.73 Å². The predicted molar refractivity (Wildman–Crippen MR) is 58.4 cm³/mol. The van der Waals surface area contributed by atoms with Gasteiger partial charge in [-0.3, -0.25) is 0 Å². The molecule has 0 saturated carbocycles. The molecule has 0 bridgehead atoms. The highest BCUT2D eigenvalue weighted by Gasteiger charge is 2.38. The molecule has 0 amide bonds. The lowest BCUT2D eigenvalue weighted by atomic mass is 9.88. The second kappa shape index (κ2) is 3.24. The van der Waals surface area contributed by atoms with Gasteiger partial charge in [0.2, 0.25) is 0 Å². The van der Waals surface area contributed by atoms with E-state index in [2.05, 4.69) is 29.8 Å². The molecule has 0 unspecified atom stereocenters. The van der Waals surface area contributed by atoms with E-state index in [-0.39, 0.29) is 5.54 Å². The van der Waals surface area contributed by atoms with Crippen molar-refractivity contribution in [3.8, 4) is 0 Å². The molecule has 76 valence electrons. The summed E-state index contributed by atoms with van der Waals surface area (Å²) in [6, 6.07) is 4.05. The average Bonchev–Trinajstić information content (AvgIpc) is 2.14. The zero-order chi connectivity index (χ0) is 10.2. The summed E-state index contributed by atoms with van der Waals surface area (Å²) < 4.78 is 0. The number of anilines is 1. The Kier molecular flexibility index (Phi) is 2.19. The molecule has 3 heteroatoms. The minimum atomic E-state index is 0.0178. The third-order valence-electron chi connectivity index (χ3n) is 3.00. The quantitative estimate of drug-likeness (QED) is 0.766. The van der Waals surface area contributed by atoms with E-state index in [1.165, 1.54) is 5.56 Å². The zero-order valence-corrected chi connectivity index (χ0v) is 8.83. The second-order valence-electron chi connectivity index (χ2n) is 4.22. The SMILES string of the molecule is CCC1(N)CN(c2ncccc2C)C1. The second-order valence-corrected chi connectivity index (χ2v) is 4.22. The molecule has 1 aromatic heterocycles. The number of aromatic nitrogens is 1. The van der Waals surface area contributed by atoms with Gasteiger partial charge in [0.25, 0.3) is 0 Å². The topological polar surface area (TPSA) is 42.1 Å². The van der Waals surface area contributed by atoms with Gasteiger partial charge in [0.15, 0.2) is 0 Å². The third-order valence-corrected chi connectivity index (χ3v) is 3.00. The predicted octanol–water partition coefficient (Wildman–Crippen LogP) is 1.32. The summed E-state index contributed by atoms with van der Waals surface area (Å²) in [5.74, 6) is 1.09. The van der Waals surface area contributed by atoms with E-state index in [4.69, 9.17) is 5.73 Å². The molecule has 0 radical (unpaired) electrons. The first-order valence-corrected chi connectivity index (χ1v) is 5.10. The van der Waals surface area contributed by atoms with Gasteiger partial charge in [0.1, 0.15) is 5.82 Å². The van der Waals surface area contributed by atoms with E-state index in [1.54, 1.807) is 0 Å². The van der Waals surface area contributed by atoms with E-state index in [1.807, 2.05) is 12.3 Å². The van der Waals surface area contributed by atoms with Gasteiger partial charge in [-0.25, -0.2) is 4.98 Å². The van der Waals surface area contributed by atoms with Gasteiger partial charge < -0.3 is 10.6 Å². The molecule has 2 N–H and O–H groups in total.